The fourth-order valence-corrected chi connectivity index (χ4v) is 3.09. The Morgan fingerprint density at radius 2 is 1.71 bits per heavy atom. The lowest BCUT2D eigenvalue weighted by Crippen LogP contribution is -2.09. The Morgan fingerprint density at radius 3 is 2.18 bits per heavy atom. The van der Waals surface area contributed by atoms with E-state index in [0.29, 0.717) is 10.8 Å². The molecule has 0 saturated heterocycles. The first-order valence-corrected chi connectivity index (χ1v) is 7.86. The van der Waals surface area contributed by atoms with Crippen molar-refractivity contribution in [2.75, 3.05) is 6.26 Å². The van der Waals surface area contributed by atoms with Crippen molar-refractivity contribution < 1.29 is 13.5 Å². The Morgan fingerprint density at radius 1 is 1.18 bits per heavy atom. The van der Waals surface area contributed by atoms with Crippen LogP contribution in [0.2, 0.25) is 0 Å². The summed E-state index contributed by atoms with van der Waals surface area (Å²) < 4.78 is 22.6. The number of benzene rings is 1. The normalized spacial score (nSPS) is 19.4. The van der Waals surface area contributed by atoms with Gasteiger partial charge in [-0.05, 0) is 36.5 Å². The molecule has 0 heterocycles. The van der Waals surface area contributed by atoms with E-state index in [2.05, 4.69) is 0 Å². The quantitative estimate of drug-likeness (QED) is 0.900. The lowest BCUT2D eigenvalue weighted by molar-refractivity contribution is 0.111. The van der Waals surface area contributed by atoms with Crippen molar-refractivity contribution in [2.24, 2.45) is 5.92 Å². The van der Waals surface area contributed by atoms with Gasteiger partial charge < -0.3 is 5.11 Å². The zero-order valence-corrected chi connectivity index (χ0v) is 10.8. The molecule has 3 nitrogen and oxygen atoms in total. The molecule has 1 saturated carbocycles. The molecule has 17 heavy (non-hydrogen) atoms. The van der Waals surface area contributed by atoms with Gasteiger partial charge in [-0.25, -0.2) is 8.42 Å². The zero-order chi connectivity index (χ0) is 12.5. The summed E-state index contributed by atoms with van der Waals surface area (Å²) in [6, 6.07) is 6.59. The molecule has 2 rings (SSSR count). The second-order valence-electron chi connectivity index (χ2n) is 4.83. The topological polar surface area (TPSA) is 54.4 Å². The standard InChI is InChI=1S/C13H18O3S/c1-17(15,16)12-8-6-11(7-9-12)13(14)10-4-2-3-5-10/h6-10,13-14H,2-5H2,1H3. The van der Waals surface area contributed by atoms with E-state index in [9.17, 15) is 13.5 Å². The highest BCUT2D eigenvalue weighted by molar-refractivity contribution is 7.90. The summed E-state index contributed by atoms with van der Waals surface area (Å²) in [7, 11) is -3.15. The molecule has 1 aliphatic carbocycles. The van der Waals surface area contributed by atoms with Gasteiger partial charge in [-0.2, -0.15) is 0 Å². The third-order valence-electron chi connectivity index (χ3n) is 3.50. The fraction of sp³-hybridized carbons (Fsp3) is 0.538. The summed E-state index contributed by atoms with van der Waals surface area (Å²) in [4.78, 5) is 0.305. The molecule has 1 aromatic carbocycles. The molecular weight excluding hydrogens is 236 g/mol. The SMILES string of the molecule is CS(=O)(=O)c1ccc(C(O)C2CCCC2)cc1. The fourth-order valence-electron chi connectivity index (χ4n) is 2.46. The molecule has 0 radical (unpaired) electrons. The molecule has 0 spiro atoms. The van der Waals surface area contributed by atoms with E-state index in [1.54, 1.807) is 24.3 Å². The van der Waals surface area contributed by atoms with E-state index in [4.69, 9.17) is 0 Å². The van der Waals surface area contributed by atoms with Crippen molar-refractivity contribution in [1.29, 1.82) is 0 Å². The highest BCUT2D eigenvalue weighted by atomic mass is 32.2. The summed E-state index contributed by atoms with van der Waals surface area (Å²) in [6.45, 7) is 0. The van der Waals surface area contributed by atoms with Crippen molar-refractivity contribution in [1.82, 2.24) is 0 Å². The third kappa shape index (κ3) is 2.87. The number of sulfone groups is 1. The summed E-state index contributed by atoms with van der Waals surface area (Å²) in [6.07, 6.45) is 5.23. The van der Waals surface area contributed by atoms with Crippen molar-refractivity contribution in [3.63, 3.8) is 0 Å². The van der Waals surface area contributed by atoms with Gasteiger partial charge in [0.15, 0.2) is 9.84 Å². The van der Waals surface area contributed by atoms with Gasteiger partial charge in [0.1, 0.15) is 0 Å². The lowest BCUT2D eigenvalue weighted by atomic mass is 9.95. The molecule has 4 heteroatoms. The number of aliphatic hydroxyl groups excluding tert-OH is 1. The Balaban J connectivity index is 2.17. The van der Waals surface area contributed by atoms with Crippen LogP contribution in [0.1, 0.15) is 37.4 Å². The molecule has 1 aliphatic rings. The molecule has 1 N–H and O–H groups in total. The number of aliphatic hydroxyl groups is 1. The molecule has 0 aliphatic heterocycles. The monoisotopic (exact) mass is 254 g/mol. The van der Waals surface area contributed by atoms with E-state index < -0.39 is 15.9 Å². The minimum absolute atomic E-state index is 0.305. The van der Waals surface area contributed by atoms with Crippen molar-refractivity contribution in [3.05, 3.63) is 29.8 Å². The first kappa shape index (κ1) is 12.6. The number of hydrogen-bond acceptors (Lipinski definition) is 3. The summed E-state index contributed by atoms with van der Waals surface area (Å²) in [5, 5.41) is 10.2. The summed E-state index contributed by atoms with van der Waals surface area (Å²) in [5.41, 5.74) is 0.823. The molecule has 0 aromatic heterocycles. The van der Waals surface area contributed by atoms with E-state index in [1.165, 1.54) is 19.1 Å². The van der Waals surface area contributed by atoms with Crippen LogP contribution in [0.25, 0.3) is 0 Å². The molecule has 1 unspecified atom stereocenters. The van der Waals surface area contributed by atoms with Crippen LogP contribution in [-0.2, 0) is 9.84 Å². The van der Waals surface area contributed by atoms with E-state index in [1.807, 2.05) is 0 Å². The first-order valence-electron chi connectivity index (χ1n) is 5.96. The van der Waals surface area contributed by atoms with Crippen LogP contribution in [0, 0.1) is 5.92 Å². The van der Waals surface area contributed by atoms with Crippen molar-refractivity contribution >= 4 is 9.84 Å². The molecule has 1 aromatic rings. The molecule has 94 valence electrons. The molecule has 1 atom stereocenters. The van der Waals surface area contributed by atoms with Crippen LogP contribution in [0.4, 0.5) is 0 Å². The van der Waals surface area contributed by atoms with E-state index >= 15 is 0 Å². The first-order chi connectivity index (χ1) is 7.98. The second kappa shape index (κ2) is 4.78. The van der Waals surface area contributed by atoms with E-state index in [0.717, 1.165) is 18.4 Å². The lowest BCUT2D eigenvalue weighted by Gasteiger charge is -2.18. The summed E-state index contributed by atoms with van der Waals surface area (Å²) >= 11 is 0. The minimum Gasteiger partial charge on any atom is -0.388 e. The Bertz CT molecular complexity index is 470. The second-order valence-corrected chi connectivity index (χ2v) is 6.85. The minimum atomic E-state index is -3.15. The van der Waals surface area contributed by atoms with Crippen LogP contribution in [0.5, 0.6) is 0 Å². The zero-order valence-electron chi connectivity index (χ0n) is 9.96. The molecule has 0 bridgehead atoms. The van der Waals surface area contributed by atoms with Gasteiger partial charge in [0.25, 0.3) is 0 Å². The molecule has 0 amide bonds. The van der Waals surface area contributed by atoms with Gasteiger partial charge >= 0.3 is 0 Å². The van der Waals surface area contributed by atoms with Gasteiger partial charge in [-0.15, -0.1) is 0 Å². The predicted octanol–water partition coefficient (Wildman–Crippen LogP) is 2.31. The van der Waals surface area contributed by atoms with Crippen LogP contribution in [0.15, 0.2) is 29.2 Å². The Kier molecular flexibility index (Phi) is 3.54. The summed E-state index contributed by atoms with van der Waals surface area (Å²) in [5.74, 6) is 0.332. The Hall–Kier alpha value is -0.870. The van der Waals surface area contributed by atoms with Gasteiger partial charge in [-0.3, -0.25) is 0 Å². The third-order valence-corrected chi connectivity index (χ3v) is 4.62. The number of hydrogen-bond donors (Lipinski definition) is 1. The maximum Gasteiger partial charge on any atom is 0.175 e. The number of rotatable bonds is 3. The average Bonchev–Trinajstić information content (AvgIpc) is 2.80. The largest absolute Gasteiger partial charge is 0.388 e. The van der Waals surface area contributed by atoms with Gasteiger partial charge in [0.05, 0.1) is 11.0 Å². The van der Waals surface area contributed by atoms with Crippen molar-refractivity contribution in [3.8, 4) is 0 Å². The maximum atomic E-state index is 11.3. The van der Waals surface area contributed by atoms with E-state index in [-0.39, 0.29) is 0 Å². The molecule has 1 fully saturated rings. The average molecular weight is 254 g/mol. The van der Waals surface area contributed by atoms with Crippen LogP contribution in [-0.4, -0.2) is 19.8 Å². The van der Waals surface area contributed by atoms with Crippen LogP contribution >= 0.6 is 0 Å². The smallest absolute Gasteiger partial charge is 0.175 e. The van der Waals surface area contributed by atoms with Crippen LogP contribution < -0.4 is 0 Å². The van der Waals surface area contributed by atoms with Gasteiger partial charge in [0.2, 0.25) is 0 Å². The molecular formula is C13H18O3S. The van der Waals surface area contributed by atoms with Gasteiger partial charge in [0, 0.05) is 6.26 Å². The highest BCUT2D eigenvalue weighted by Gasteiger charge is 2.24. The van der Waals surface area contributed by atoms with Crippen molar-refractivity contribution in [2.45, 2.75) is 36.7 Å². The van der Waals surface area contributed by atoms with Crippen LogP contribution in [0.3, 0.4) is 0 Å². The Labute approximate surface area is 102 Å². The highest BCUT2D eigenvalue weighted by Crippen LogP contribution is 2.35. The predicted molar refractivity (Wildman–Crippen MR) is 66.5 cm³/mol. The maximum absolute atomic E-state index is 11.3. The van der Waals surface area contributed by atoms with Gasteiger partial charge in [-0.1, -0.05) is 25.0 Å².